The van der Waals surface area contributed by atoms with E-state index in [0.717, 1.165) is 10.0 Å². The summed E-state index contributed by atoms with van der Waals surface area (Å²) in [5.41, 5.74) is 1.32. The number of carbonyl (C=O) groups is 2. The first-order valence-corrected chi connectivity index (χ1v) is 7.66. The maximum Gasteiger partial charge on any atom is 0.308 e. The molecular formula is C16H22BrNO3. The summed E-state index contributed by atoms with van der Waals surface area (Å²) in [6, 6.07) is 5.46. The van der Waals surface area contributed by atoms with E-state index in [9.17, 15) is 14.7 Å². The molecule has 4 nitrogen and oxygen atoms in total. The molecule has 0 fully saturated rings. The molecule has 0 aliphatic heterocycles. The zero-order chi connectivity index (χ0) is 16.2. The number of hydrogen-bond acceptors (Lipinski definition) is 2. The predicted octanol–water partition coefficient (Wildman–Crippen LogP) is 3.62. The number of aliphatic carboxylic acids is 1. The molecule has 1 atom stereocenters. The Bertz CT molecular complexity index is 535. The topological polar surface area (TPSA) is 66.4 Å². The summed E-state index contributed by atoms with van der Waals surface area (Å²) in [4.78, 5) is 23.5. The maximum atomic E-state index is 12.2. The standard InChI is InChI=1S/C16H22BrNO3/c1-10-5-6-12(17)7-13(10)14(19)18-9-11(15(20)21)8-16(2,3)4/h5-7,11H,8-9H2,1-4H3,(H,18,19)(H,20,21). The fourth-order valence-corrected chi connectivity index (χ4v) is 2.50. The summed E-state index contributed by atoms with van der Waals surface area (Å²) in [6.07, 6.45) is 0.514. The summed E-state index contributed by atoms with van der Waals surface area (Å²) in [6.45, 7) is 7.96. The van der Waals surface area contributed by atoms with E-state index in [0.29, 0.717) is 12.0 Å². The van der Waals surface area contributed by atoms with Gasteiger partial charge in [-0.3, -0.25) is 9.59 Å². The van der Waals surface area contributed by atoms with E-state index in [4.69, 9.17) is 0 Å². The summed E-state index contributed by atoms with van der Waals surface area (Å²) in [5, 5.41) is 12.0. The van der Waals surface area contributed by atoms with Gasteiger partial charge in [-0.2, -0.15) is 0 Å². The van der Waals surface area contributed by atoms with Crippen molar-refractivity contribution in [3.8, 4) is 0 Å². The van der Waals surface area contributed by atoms with Gasteiger partial charge in [0.25, 0.3) is 5.91 Å². The second-order valence-corrected chi connectivity index (χ2v) is 7.38. The van der Waals surface area contributed by atoms with Crippen molar-refractivity contribution in [2.45, 2.75) is 34.1 Å². The molecule has 0 radical (unpaired) electrons. The highest BCUT2D eigenvalue weighted by Gasteiger charge is 2.25. The fourth-order valence-electron chi connectivity index (χ4n) is 2.14. The van der Waals surface area contributed by atoms with Crippen molar-refractivity contribution in [2.24, 2.45) is 11.3 Å². The van der Waals surface area contributed by atoms with Crippen LogP contribution in [0.1, 0.15) is 43.1 Å². The first-order valence-electron chi connectivity index (χ1n) is 6.87. The molecule has 0 saturated carbocycles. The molecule has 0 bridgehead atoms. The molecule has 0 heterocycles. The lowest BCUT2D eigenvalue weighted by Crippen LogP contribution is -2.35. The fraction of sp³-hybridized carbons (Fsp3) is 0.500. The Hall–Kier alpha value is -1.36. The van der Waals surface area contributed by atoms with E-state index in [1.165, 1.54) is 0 Å². The SMILES string of the molecule is Cc1ccc(Br)cc1C(=O)NCC(CC(C)(C)C)C(=O)O. The highest BCUT2D eigenvalue weighted by atomic mass is 79.9. The van der Waals surface area contributed by atoms with Crippen molar-refractivity contribution >= 4 is 27.8 Å². The number of halogens is 1. The van der Waals surface area contributed by atoms with Crippen molar-refractivity contribution in [3.05, 3.63) is 33.8 Å². The van der Waals surface area contributed by atoms with Gasteiger partial charge >= 0.3 is 5.97 Å². The molecule has 5 heteroatoms. The van der Waals surface area contributed by atoms with Crippen LogP contribution in [-0.2, 0) is 4.79 Å². The third-order valence-electron chi connectivity index (χ3n) is 3.16. The van der Waals surface area contributed by atoms with Gasteiger partial charge in [-0.05, 0) is 36.5 Å². The lowest BCUT2D eigenvalue weighted by Gasteiger charge is -2.23. The van der Waals surface area contributed by atoms with Crippen LogP contribution in [0, 0.1) is 18.3 Å². The van der Waals surface area contributed by atoms with Gasteiger partial charge in [0.05, 0.1) is 5.92 Å². The quantitative estimate of drug-likeness (QED) is 0.847. The minimum atomic E-state index is -0.879. The largest absolute Gasteiger partial charge is 0.481 e. The smallest absolute Gasteiger partial charge is 0.308 e. The van der Waals surface area contributed by atoms with Gasteiger partial charge in [0.1, 0.15) is 0 Å². The molecular weight excluding hydrogens is 334 g/mol. The van der Waals surface area contributed by atoms with E-state index in [2.05, 4.69) is 21.2 Å². The molecule has 116 valence electrons. The molecule has 1 aromatic rings. The van der Waals surface area contributed by atoms with Crippen LogP contribution >= 0.6 is 15.9 Å². The van der Waals surface area contributed by atoms with Crippen LogP contribution in [0.2, 0.25) is 0 Å². The summed E-state index contributed by atoms with van der Waals surface area (Å²) >= 11 is 3.33. The Labute approximate surface area is 134 Å². The number of carboxylic acids is 1. The van der Waals surface area contributed by atoms with Crippen LogP contribution < -0.4 is 5.32 Å². The first-order chi connectivity index (χ1) is 9.60. The van der Waals surface area contributed by atoms with E-state index in [-0.39, 0.29) is 17.9 Å². The third kappa shape index (κ3) is 5.87. The number of aryl methyl sites for hydroxylation is 1. The molecule has 0 aromatic heterocycles. The van der Waals surface area contributed by atoms with E-state index >= 15 is 0 Å². The Morgan fingerprint density at radius 1 is 1.33 bits per heavy atom. The van der Waals surface area contributed by atoms with Crippen molar-refractivity contribution in [3.63, 3.8) is 0 Å². The Balaban J connectivity index is 2.74. The number of carboxylic acid groups (broad SMARTS) is 1. The maximum absolute atomic E-state index is 12.2. The van der Waals surface area contributed by atoms with Gasteiger partial charge in [0, 0.05) is 16.6 Å². The van der Waals surface area contributed by atoms with E-state index in [1.807, 2.05) is 39.8 Å². The second-order valence-electron chi connectivity index (χ2n) is 6.47. The zero-order valence-corrected chi connectivity index (χ0v) is 14.5. The Morgan fingerprint density at radius 2 is 1.95 bits per heavy atom. The Morgan fingerprint density at radius 3 is 2.48 bits per heavy atom. The minimum absolute atomic E-state index is 0.0977. The van der Waals surface area contributed by atoms with Crippen molar-refractivity contribution in [1.29, 1.82) is 0 Å². The summed E-state index contributed by atoms with van der Waals surface area (Å²) in [5.74, 6) is -1.70. The predicted molar refractivity (Wildman–Crippen MR) is 86.4 cm³/mol. The molecule has 0 aliphatic carbocycles. The lowest BCUT2D eigenvalue weighted by molar-refractivity contribution is -0.142. The van der Waals surface area contributed by atoms with Crippen LogP contribution in [0.5, 0.6) is 0 Å². The number of rotatable bonds is 5. The van der Waals surface area contributed by atoms with Crippen LogP contribution in [0.3, 0.4) is 0 Å². The molecule has 1 unspecified atom stereocenters. The molecule has 1 amide bonds. The number of amides is 1. The van der Waals surface area contributed by atoms with Crippen molar-refractivity contribution in [2.75, 3.05) is 6.54 Å². The van der Waals surface area contributed by atoms with E-state index < -0.39 is 11.9 Å². The molecule has 0 aliphatic rings. The normalized spacial score (nSPS) is 12.8. The first kappa shape index (κ1) is 17.7. The molecule has 1 aromatic carbocycles. The minimum Gasteiger partial charge on any atom is -0.481 e. The number of carbonyl (C=O) groups excluding carboxylic acids is 1. The van der Waals surface area contributed by atoms with E-state index in [1.54, 1.807) is 6.07 Å². The average Bonchev–Trinajstić information content (AvgIpc) is 2.35. The van der Waals surface area contributed by atoms with Crippen LogP contribution in [0.25, 0.3) is 0 Å². The molecule has 0 spiro atoms. The molecule has 1 rings (SSSR count). The monoisotopic (exact) mass is 355 g/mol. The third-order valence-corrected chi connectivity index (χ3v) is 3.65. The summed E-state index contributed by atoms with van der Waals surface area (Å²) in [7, 11) is 0. The van der Waals surface area contributed by atoms with Crippen molar-refractivity contribution < 1.29 is 14.7 Å². The second kappa shape index (κ2) is 7.07. The molecule has 0 saturated heterocycles. The zero-order valence-electron chi connectivity index (χ0n) is 12.9. The van der Waals surface area contributed by atoms with Gasteiger partial charge in [0.15, 0.2) is 0 Å². The van der Waals surface area contributed by atoms with Gasteiger partial charge in [0.2, 0.25) is 0 Å². The van der Waals surface area contributed by atoms with Crippen LogP contribution in [0.15, 0.2) is 22.7 Å². The highest BCUT2D eigenvalue weighted by molar-refractivity contribution is 9.10. The van der Waals surface area contributed by atoms with Gasteiger partial charge in [-0.15, -0.1) is 0 Å². The summed E-state index contributed by atoms with van der Waals surface area (Å²) < 4.78 is 0.822. The molecule has 2 N–H and O–H groups in total. The average molecular weight is 356 g/mol. The number of hydrogen-bond donors (Lipinski definition) is 2. The lowest BCUT2D eigenvalue weighted by atomic mass is 9.84. The van der Waals surface area contributed by atoms with Crippen molar-refractivity contribution in [1.82, 2.24) is 5.32 Å². The highest BCUT2D eigenvalue weighted by Crippen LogP contribution is 2.24. The van der Waals surface area contributed by atoms with Gasteiger partial charge < -0.3 is 10.4 Å². The van der Waals surface area contributed by atoms with Gasteiger partial charge in [-0.25, -0.2) is 0 Å². The van der Waals surface area contributed by atoms with Gasteiger partial charge in [-0.1, -0.05) is 42.8 Å². The van der Waals surface area contributed by atoms with Crippen LogP contribution in [0.4, 0.5) is 0 Å². The molecule has 21 heavy (non-hydrogen) atoms. The van der Waals surface area contributed by atoms with Crippen LogP contribution in [-0.4, -0.2) is 23.5 Å². The Kier molecular flexibility index (Phi) is 5.96. The number of benzene rings is 1. The number of nitrogens with one attached hydrogen (secondary N) is 1.